The van der Waals surface area contributed by atoms with Crippen molar-refractivity contribution in [1.82, 2.24) is 0 Å². The Balaban J connectivity index is 3.03. The van der Waals surface area contributed by atoms with E-state index in [4.69, 9.17) is 14.2 Å². The van der Waals surface area contributed by atoms with Crippen molar-refractivity contribution in [3.63, 3.8) is 0 Å². The Morgan fingerprint density at radius 3 is 1.95 bits per heavy atom. The van der Waals surface area contributed by atoms with Crippen LogP contribution in [-0.4, -0.2) is 25.2 Å². The zero-order valence-corrected chi connectivity index (χ0v) is 11.5. The van der Waals surface area contributed by atoms with Gasteiger partial charge in [-0.15, -0.1) is 0 Å². The van der Waals surface area contributed by atoms with Crippen molar-refractivity contribution in [3.8, 4) is 5.75 Å². The van der Waals surface area contributed by atoms with Crippen LogP contribution in [0.4, 0.5) is 0 Å². The van der Waals surface area contributed by atoms with Crippen LogP contribution in [0, 0.1) is 7.11 Å². The highest BCUT2D eigenvalue weighted by atomic mass is 16.6. The lowest BCUT2D eigenvalue weighted by atomic mass is 10.1. The van der Waals surface area contributed by atoms with Gasteiger partial charge in [0.15, 0.2) is 0 Å². The van der Waals surface area contributed by atoms with E-state index in [1.54, 1.807) is 38.1 Å². The topological polar surface area (TPSA) is 61.8 Å². The van der Waals surface area contributed by atoms with Crippen LogP contribution in [0.25, 0.3) is 6.08 Å². The van der Waals surface area contributed by atoms with Crippen molar-refractivity contribution < 1.29 is 23.8 Å². The van der Waals surface area contributed by atoms with E-state index in [1.807, 2.05) is 0 Å². The number of hydrogen-bond donors (Lipinski definition) is 0. The molecule has 5 heteroatoms. The molecule has 0 saturated carbocycles. The number of hydrogen-bond acceptors (Lipinski definition) is 5. The van der Waals surface area contributed by atoms with Gasteiger partial charge < -0.3 is 14.2 Å². The molecule has 0 aromatic heterocycles. The average Bonchev–Trinajstić information content (AvgIpc) is 2.45. The Morgan fingerprint density at radius 1 is 1.05 bits per heavy atom. The summed E-state index contributed by atoms with van der Waals surface area (Å²) in [4.78, 5) is 23.5. The van der Waals surface area contributed by atoms with Gasteiger partial charge in [0.1, 0.15) is 18.4 Å². The van der Waals surface area contributed by atoms with E-state index in [1.165, 1.54) is 6.08 Å². The zero-order chi connectivity index (χ0) is 15.0. The summed E-state index contributed by atoms with van der Waals surface area (Å²) >= 11 is 0. The molecule has 0 aliphatic rings. The third kappa shape index (κ3) is 4.42. The van der Waals surface area contributed by atoms with Gasteiger partial charge in [-0.05, 0) is 37.6 Å². The predicted octanol–water partition coefficient (Wildman–Crippen LogP) is 2.37. The van der Waals surface area contributed by atoms with E-state index < -0.39 is 11.9 Å². The van der Waals surface area contributed by atoms with Crippen LogP contribution in [0.3, 0.4) is 0 Å². The fourth-order valence-electron chi connectivity index (χ4n) is 1.45. The van der Waals surface area contributed by atoms with Gasteiger partial charge in [0.2, 0.25) is 0 Å². The number of carbonyl (C=O) groups is 2. The number of rotatable bonds is 6. The van der Waals surface area contributed by atoms with Crippen LogP contribution >= 0.6 is 0 Å². The monoisotopic (exact) mass is 277 g/mol. The molecule has 1 radical (unpaired) electrons. The largest absolute Gasteiger partial charge is 0.490 e. The van der Waals surface area contributed by atoms with Gasteiger partial charge in [0.25, 0.3) is 0 Å². The number of benzene rings is 1. The highest BCUT2D eigenvalue weighted by molar-refractivity contribution is 6.17. The summed E-state index contributed by atoms with van der Waals surface area (Å²) in [5.74, 6) is -0.831. The maximum Gasteiger partial charge on any atom is 0.345 e. The summed E-state index contributed by atoms with van der Waals surface area (Å²) < 4.78 is 14.5. The average molecular weight is 277 g/mol. The quantitative estimate of drug-likeness (QED) is 0.346. The Hall–Kier alpha value is -2.30. The lowest BCUT2D eigenvalue weighted by molar-refractivity contribution is -0.146. The van der Waals surface area contributed by atoms with Gasteiger partial charge in [-0.2, -0.15) is 0 Å². The van der Waals surface area contributed by atoms with Crippen molar-refractivity contribution in [2.24, 2.45) is 0 Å². The van der Waals surface area contributed by atoms with Gasteiger partial charge in [0.05, 0.1) is 13.2 Å². The van der Waals surface area contributed by atoms with Crippen LogP contribution in [0.2, 0.25) is 0 Å². The molecule has 0 atom stereocenters. The summed E-state index contributed by atoms with van der Waals surface area (Å²) in [7, 11) is 3.29. The Kier molecular flexibility index (Phi) is 6.29. The van der Waals surface area contributed by atoms with Crippen LogP contribution in [0.5, 0.6) is 5.75 Å². The lowest BCUT2D eigenvalue weighted by Crippen LogP contribution is -2.18. The second-order valence-corrected chi connectivity index (χ2v) is 3.71. The smallest absolute Gasteiger partial charge is 0.345 e. The first-order valence-electron chi connectivity index (χ1n) is 6.20. The van der Waals surface area contributed by atoms with Crippen LogP contribution < -0.4 is 4.74 Å². The summed E-state index contributed by atoms with van der Waals surface area (Å²) in [6.45, 7) is 3.70. The first-order chi connectivity index (χ1) is 9.62. The molecule has 0 fully saturated rings. The van der Waals surface area contributed by atoms with Crippen LogP contribution in [0.1, 0.15) is 19.4 Å². The molecule has 0 saturated heterocycles. The van der Waals surface area contributed by atoms with Crippen LogP contribution in [-0.2, 0) is 19.1 Å². The summed E-state index contributed by atoms with van der Waals surface area (Å²) in [6.07, 6.45) is 1.42. The van der Waals surface area contributed by atoms with Gasteiger partial charge in [-0.3, -0.25) is 0 Å². The van der Waals surface area contributed by atoms with Gasteiger partial charge >= 0.3 is 11.9 Å². The molecule has 0 heterocycles. The number of esters is 2. The second-order valence-electron chi connectivity index (χ2n) is 3.71. The van der Waals surface area contributed by atoms with Crippen molar-refractivity contribution in [2.45, 2.75) is 13.8 Å². The minimum Gasteiger partial charge on any atom is -0.490 e. The summed E-state index contributed by atoms with van der Waals surface area (Å²) in [5, 5.41) is 0. The molecule has 20 heavy (non-hydrogen) atoms. The third-order valence-corrected chi connectivity index (χ3v) is 2.35. The van der Waals surface area contributed by atoms with E-state index in [0.29, 0.717) is 11.3 Å². The van der Waals surface area contributed by atoms with E-state index in [0.717, 1.165) is 0 Å². The molecule has 0 aliphatic carbocycles. The van der Waals surface area contributed by atoms with Gasteiger partial charge in [-0.25, -0.2) is 9.59 Å². The Morgan fingerprint density at radius 2 is 1.55 bits per heavy atom. The predicted molar refractivity (Wildman–Crippen MR) is 73.7 cm³/mol. The molecule has 0 unspecified atom stereocenters. The highest BCUT2D eigenvalue weighted by Gasteiger charge is 2.20. The molecule has 5 nitrogen and oxygen atoms in total. The highest BCUT2D eigenvalue weighted by Crippen LogP contribution is 2.15. The molecule has 0 aliphatic heterocycles. The second kappa shape index (κ2) is 7.99. The van der Waals surface area contributed by atoms with Gasteiger partial charge in [0, 0.05) is 0 Å². The summed E-state index contributed by atoms with van der Waals surface area (Å²) in [6, 6.07) is 6.73. The molecule has 0 N–H and O–H groups in total. The number of carbonyl (C=O) groups excluding carboxylic acids is 2. The maximum absolute atomic E-state index is 11.8. The Labute approximate surface area is 118 Å². The van der Waals surface area contributed by atoms with Gasteiger partial charge in [-0.1, -0.05) is 12.1 Å². The SMILES string of the molecule is [CH2]Oc1ccc(C=C(C(=O)OCC)C(=O)OCC)cc1. The molecular formula is C15H17O5. The molecular weight excluding hydrogens is 260 g/mol. The van der Waals surface area contributed by atoms with Crippen molar-refractivity contribution >= 4 is 18.0 Å². The van der Waals surface area contributed by atoms with E-state index in [2.05, 4.69) is 7.11 Å². The Bertz CT molecular complexity index is 467. The van der Waals surface area contributed by atoms with Crippen molar-refractivity contribution in [3.05, 3.63) is 42.5 Å². The fraction of sp³-hybridized carbons (Fsp3) is 0.267. The fourth-order valence-corrected chi connectivity index (χ4v) is 1.45. The maximum atomic E-state index is 11.8. The van der Waals surface area contributed by atoms with E-state index >= 15 is 0 Å². The van der Waals surface area contributed by atoms with Crippen molar-refractivity contribution in [1.29, 1.82) is 0 Å². The molecule has 0 amide bonds. The third-order valence-electron chi connectivity index (χ3n) is 2.35. The molecule has 0 spiro atoms. The molecule has 107 valence electrons. The normalized spacial score (nSPS) is 9.55. The standard InChI is InChI=1S/C15H17O5/c1-4-19-14(16)13(15(17)20-5-2)10-11-6-8-12(18-3)9-7-11/h6-10H,3-5H2,1-2H3. The van der Waals surface area contributed by atoms with Crippen molar-refractivity contribution in [2.75, 3.05) is 13.2 Å². The zero-order valence-electron chi connectivity index (χ0n) is 11.5. The first kappa shape index (κ1) is 15.8. The van der Waals surface area contributed by atoms with E-state index in [9.17, 15) is 9.59 Å². The first-order valence-corrected chi connectivity index (χ1v) is 6.20. The summed E-state index contributed by atoms with van der Waals surface area (Å²) in [5.41, 5.74) is 0.513. The lowest BCUT2D eigenvalue weighted by Gasteiger charge is -2.07. The number of ether oxygens (including phenoxy) is 3. The minimum absolute atomic E-state index is 0.142. The minimum atomic E-state index is -0.705. The van der Waals surface area contributed by atoms with Crippen LogP contribution in [0.15, 0.2) is 29.8 Å². The molecule has 1 aromatic carbocycles. The van der Waals surface area contributed by atoms with E-state index in [-0.39, 0.29) is 18.8 Å². The molecule has 1 aromatic rings. The molecule has 1 rings (SSSR count). The molecule has 0 bridgehead atoms.